The van der Waals surface area contributed by atoms with Crippen LogP contribution in [-0.2, 0) is 0 Å². The van der Waals surface area contributed by atoms with Crippen LogP contribution in [0.25, 0.3) is 0 Å². The summed E-state index contributed by atoms with van der Waals surface area (Å²) in [6, 6.07) is 0. The van der Waals surface area contributed by atoms with Crippen molar-refractivity contribution < 1.29 is 40.9 Å². The van der Waals surface area contributed by atoms with Gasteiger partial charge in [-0.15, -0.1) is 0 Å². The van der Waals surface area contributed by atoms with Crippen molar-refractivity contribution in [2.75, 3.05) is 52.7 Å². The molecule has 0 rings (SSSR count). The molecule has 10 heteroatoms. The fourth-order valence-electron chi connectivity index (χ4n) is 3.06. The first kappa shape index (κ1) is 40.1. The van der Waals surface area contributed by atoms with E-state index in [2.05, 4.69) is 10.6 Å². The van der Waals surface area contributed by atoms with E-state index in [-0.39, 0.29) is 39.6 Å². The van der Waals surface area contributed by atoms with E-state index in [0.29, 0.717) is 19.3 Å². The standard InChI is InChI=1S/C11H25NO3.C9H21NO3.C6H14O2/c13-9-5-2-1-4-8-12-11(15)7-3-6-10-14;11-7-3-1-2-6-10-9(13)5-4-8-12;7-5-3-1-2-4-6-8/h11-15H,1-10H2;9-13H,1-8H2;7-8H,1-6H2. The Morgan fingerprint density at radius 1 is 0.333 bits per heavy atom. The molecule has 0 aromatic heterocycles. The van der Waals surface area contributed by atoms with Gasteiger partial charge in [0.15, 0.2) is 0 Å². The summed E-state index contributed by atoms with van der Waals surface area (Å²) < 4.78 is 0. The first-order valence-electron chi connectivity index (χ1n) is 14.0. The number of nitrogens with one attached hydrogen (secondary N) is 2. The summed E-state index contributed by atoms with van der Waals surface area (Å²) in [5.74, 6) is 0. The molecule has 0 saturated carbocycles. The van der Waals surface area contributed by atoms with Gasteiger partial charge in [-0.3, -0.25) is 10.6 Å². The molecule has 2 unspecified atom stereocenters. The van der Waals surface area contributed by atoms with E-state index in [1.54, 1.807) is 0 Å². The number of aliphatic hydroxyl groups excluding tert-OH is 8. The van der Waals surface area contributed by atoms with Crippen LogP contribution < -0.4 is 10.6 Å². The van der Waals surface area contributed by atoms with Crippen molar-refractivity contribution in [2.45, 2.75) is 115 Å². The van der Waals surface area contributed by atoms with Gasteiger partial charge >= 0.3 is 0 Å². The molecule has 0 saturated heterocycles. The predicted octanol–water partition coefficient (Wildman–Crippen LogP) is 0.971. The van der Waals surface area contributed by atoms with Crippen molar-refractivity contribution in [3.63, 3.8) is 0 Å². The molecule has 0 bridgehead atoms. The van der Waals surface area contributed by atoms with Crippen LogP contribution in [0.2, 0.25) is 0 Å². The lowest BCUT2D eigenvalue weighted by Gasteiger charge is -2.11. The zero-order valence-corrected chi connectivity index (χ0v) is 22.7. The van der Waals surface area contributed by atoms with Gasteiger partial charge in [0.05, 0.1) is 0 Å². The van der Waals surface area contributed by atoms with Crippen LogP contribution in [0.1, 0.15) is 103 Å². The Hall–Kier alpha value is -0.400. The molecule has 36 heavy (non-hydrogen) atoms. The molecule has 10 nitrogen and oxygen atoms in total. The molecule has 0 spiro atoms. The van der Waals surface area contributed by atoms with Crippen LogP contribution in [0.4, 0.5) is 0 Å². The number of rotatable bonds is 25. The Labute approximate surface area is 219 Å². The van der Waals surface area contributed by atoms with Crippen LogP contribution in [0.5, 0.6) is 0 Å². The Morgan fingerprint density at radius 2 is 0.611 bits per heavy atom. The predicted molar refractivity (Wildman–Crippen MR) is 144 cm³/mol. The van der Waals surface area contributed by atoms with E-state index in [1.165, 1.54) is 0 Å². The van der Waals surface area contributed by atoms with Crippen LogP contribution in [0.15, 0.2) is 0 Å². The van der Waals surface area contributed by atoms with Gasteiger partial charge in [-0.1, -0.05) is 25.7 Å². The fraction of sp³-hybridized carbons (Fsp3) is 1.00. The average molecular weight is 529 g/mol. The molecule has 0 aromatic carbocycles. The highest BCUT2D eigenvalue weighted by Gasteiger charge is 2.02. The van der Waals surface area contributed by atoms with Crippen molar-refractivity contribution in [1.82, 2.24) is 10.6 Å². The molecule has 222 valence electrons. The average Bonchev–Trinajstić information content (AvgIpc) is 2.88. The van der Waals surface area contributed by atoms with Crippen molar-refractivity contribution in [2.24, 2.45) is 0 Å². The first-order chi connectivity index (χ1) is 17.5. The zero-order valence-electron chi connectivity index (χ0n) is 22.7. The fourth-order valence-corrected chi connectivity index (χ4v) is 3.06. The second-order valence-electron chi connectivity index (χ2n) is 8.81. The van der Waals surface area contributed by atoms with Crippen molar-refractivity contribution in [3.8, 4) is 0 Å². The monoisotopic (exact) mass is 528 g/mol. The van der Waals surface area contributed by atoms with E-state index < -0.39 is 12.5 Å². The van der Waals surface area contributed by atoms with Gasteiger partial charge in [-0.25, -0.2) is 0 Å². The third kappa shape index (κ3) is 43.7. The summed E-state index contributed by atoms with van der Waals surface area (Å²) in [7, 11) is 0. The number of hydrogen-bond donors (Lipinski definition) is 10. The van der Waals surface area contributed by atoms with E-state index in [9.17, 15) is 10.2 Å². The zero-order chi connectivity index (χ0) is 27.5. The van der Waals surface area contributed by atoms with Gasteiger partial charge < -0.3 is 40.9 Å². The van der Waals surface area contributed by atoms with E-state index in [1.807, 2.05) is 0 Å². The molecule has 0 fully saturated rings. The molecule has 2 atom stereocenters. The maximum atomic E-state index is 9.45. The maximum absolute atomic E-state index is 9.45. The molecule has 0 radical (unpaired) electrons. The molecule has 0 aliphatic rings. The Morgan fingerprint density at radius 3 is 0.972 bits per heavy atom. The highest BCUT2D eigenvalue weighted by Crippen LogP contribution is 2.01. The van der Waals surface area contributed by atoms with E-state index in [4.69, 9.17) is 30.6 Å². The number of aliphatic hydroxyl groups is 8. The smallest absolute Gasteiger partial charge is 0.104 e. The molecular formula is C26H60N2O8. The van der Waals surface area contributed by atoms with E-state index in [0.717, 1.165) is 96.6 Å². The lowest BCUT2D eigenvalue weighted by atomic mass is 10.2. The highest BCUT2D eigenvalue weighted by atomic mass is 16.3. The van der Waals surface area contributed by atoms with Crippen LogP contribution in [0, 0.1) is 0 Å². The molecule has 10 N–H and O–H groups in total. The van der Waals surface area contributed by atoms with Crippen molar-refractivity contribution in [3.05, 3.63) is 0 Å². The largest absolute Gasteiger partial charge is 0.396 e. The summed E-state index contributed by atoms with van der Waals surface area (Å²) in [5, 5.41) is 75.4. The maximum Gasteiger partial charge on any atom is 0.104 e. The van der Waals surface area contributed by atoms with Crippen molar-refractivity contribution in [1.29, 1.82) is 0 Å². The van der Waals surface area contributed by atoms with Gasteiger partial charge in [0.2, 0.25) is 0 Å². The summed E-state index contributed by atoms with van der Waals surface area (Å²) in [4.78, 5) is 0. The van der Waals surface area contributed by atoms with Gasteiger partial charge in [0, 0.05) is 39.6 Å². The third-order valence-electron chi connectivity index (χ3n) is 5.27. The minimum atomic E-state index is -0.499. The molecule has 0 amide bonds. The minimum Gasteiger partial charge on any atom is -0.396 e. The van der Waals surface area contributed by atoms with Crippen molar-refractivity contribution >= 4 is 0 Å². The topological polar surface area (TPSA) is 186 Å². The summed E-state index contributed by atoms with van der Waals surface area (Å²) in [6.45, 7) is 3.01. The SMILES string of the molecule is OCCCCCCNC(O)CCCCO.OCCCCCCO.OCCCCCNC(O)CCCO. The van der Waals surface area contributed by atoms with Gasteiger partial charge in [-0.2, -0.15) is 0 Å². The minimum absolute atomic E-state index is 0.128. The Bertz CT molecular complexity index is 352. The Balaban J connectivity index is -0.000000475. The second kappa shape index (κ2) is 39.1. The summed E-state index contributed by atoms with van der Waals surface area (Å²) >= 11 is 0. The first-order valence-corrected chi connectivity index (χ1v) is 14.0. The third-order valence-corrected chi connectivity index (χ3v) is 5.27. The molecular weight excluding hydrogens is 468 g/mol. The number of hydrogen-bond acceptors (Lipinski definition) is 10. The molecule has 0 aliphatic carbocycles. The second-order valence-corrected chi connectivity index (χ2v) is 8.81. The lowest BCUT2D eigenvalue weighted by Crippen LogP contribution is -2.29. The van der Waals surface area contributed by atoms with Gasteiger partial charge in [-0.05, 0) is 90.1 Å². The van der Waals surface area contributed by atoms with Gasteiger partial charge in [0.1, 0.15) is 12.5 Å². The molecule has 0 aliphatic heterocycles. The summed E-state index contributed by atoms with van der Waals surface area (Å²) in [6.07, 6.45) is 13.3. The number of unbranched alkanes of at least 4 members (excludes halogenated alkanes) is 9. The summed E-state index contributed by atoms with van der Waals surface area (Å²) in [5.41, 5.74) is 0. The highest BCUT2D eigenvalue weighted by molar-refractivity contribution is 4.55. The quantitative estimate of drug-likeness (QED) is 0.0604. The molecule has 0 aromatic rings. The lowest BCUT2D eigenvalue weighted by molar-refractivity contribution is 0.116. The van der Waals surface area contributed by atoms with E-state index >= 15 is 0 Å². The molecule has 0 heterocycles. The van der Waals surface area contributed by atoms with Gasteiger partial charge in [0.25, 0.3) is 0 Å². The van der Waals surface area contributed by atoms with Crippen LogP contribution >= 0.6 is 0 Å². The van der Waals surface area contributed by atoms with Crippen LogP contribution in [-0.4, -0.2) is 106 Å². The Kier molecular flexibility index (Phi) is 43.6. The van der Waals surface area contributed by atoms with Crippen LogP contribution in [0.3, 0.4) is 0 Å². The normalized spacial score (nSPS) is 12.3.